The van der Waals surface area contributed by atoms with E-state index in [1.165, 1.54) is 75.3 Å². The van der Waals surface area contributed by atoms with Gasteiger partial charge in [0.2, 0.25) is 6.29 Å². The molecule has 2 aromatic carbocycles. The van der Waals surface area contributed by atoms with E-state index in [2.05, 4.69) is 63.5 Å². The van der Waals surface area contributed by atoms with E-state index >= 15 is 0 Å². The van der Waals surface area contributed by atoms with Gasteiger partial charge in [0.25, 0.3) is 0 Å². The first-order valence-corrected chi connectivity index (χ1v) is 15.2. The maximum absolute atomic E-state index is 12.4. The molecule has 0 saturated heterocycles. The smallest absolute Gasteiger partial charge is 0.308 e. The summed E-state index contributed by atoms with van der Waals surface area (Å²) < 4.78 is 12.5. The van der Waals surface area contributed by atoms with Crippen molar-refractivity contribution in [2.45, 2.75) is 117 Å². The molecule has 1 atom stereocenters. The Labute approximate surface area is 233 Å². The van der Waals surface area contributed by atoms with Gasteiger partial charge in [0, 0.05) is 18.9 Å². The number of rotatable bonds is 21. The van der Waals surface area contributed by atoms with Crippen LogP contribution in [0.4, 0.5) is 0 Å². The molecule has 0 saturated carbocycles. The minimum atomic E-state index is -0.582. The SMILES string of the molecule is CCCCCCCCCCCCc1ccccc1OC(C)OC(=O)CCCC[N+](C)(C)Cc1ccccc1. The lowest BCUT2D eigenvalue weighted by Crippen LogP contribution is -2.39. The van der Waals surface area contributed by atoms with Gasteiger partial charge in [-0.25, -0.2) is 0 Å². The van der Waals surface area contributed by atoms with E-state index < -0.39 is 6.29 Å². The molecule has 0 spiro atoms. The number of carbonyl (C=O) groups is 1. The molecule has 2 rings (SSSR count). The molecular weight excluding hydrogens is 470 g/mol. The third-order valence-corrected chi connectivity index (χ3v) is 7.21. The summed E-state index contributed by atoms with van der Waals surface area (Å²) in [6.07, 6.45) is 16.0. The predicted octanol–water partition coefficient (Wildman–Crippen LogP) is 8.86. The van der Waals surface area contributed by atoms with Crippen molar-refractivity contribution >= 4 is 5.97 Å². The van der Waals surface area contributed by atoms with E-state index in [0.717, 1.165) is 42.6 Å². The fourth-order valence-electron chi connectivity index (χ4n) is 5.04. The number of para-hydroxylation sites is 1. The van der Waals surface area contributed by atoms with Crippen LogP contribution in [0.5, 0.6) is 5.75 Å². The van der Waals surface area contributed by atoms with Crippen molar-refractivity contribution in [1.29, 1.82) is 0 Å². The van der Waals surface area contributed by atoms with Gasteiger partial charge in [-0.05, 0) is 37.3 Å². The molecule has 0 radical (unpaired) electrons. The number of nitrogens with zero attached hydrogens (tertiary/aromatic N) is 1. The molecular formula is C34H54NO3+. The van der Waals surface area contributed by atoms with Crippen LogP contribution in [0.25, 0.3) is 0 Å². The second-order valence-corrected chi connectivity index (χ2v) is 11.5. The van der Waals surface area contributed by atoms with Crippen molar-refractivity contribution in [1.82, 2.24) is 0 Å². The number of unbranched alkanes of at least 4 members (excludes halogenated alkanes) is 10. The van der Waals surface area contributed by atoms with Gasteiger partial charge < -0.3 is 14.0 Å². The zero-order valence-corrected chi connectivity index (χ0v) is 24.8. The Balaban J connectivity index is 1.61. The van der Waals surface area contributed by atoms with Gasteiger partial charge in [-0.1, -0.05) is 113 Å². The molecule has 0 N–H and O–H groups in total. The van der Waals surface area contributed by atoms with E-state index in [1.54, 1.807) is 0 Å². The molecule has 0 fully saturated rings. The first-order chi connectivity index (χ1) is 18.4. The normalized spacial score (nSPS) is 12.3. The Morgan fingerprint density at radius 2 is 1.37 bits per heavy atom. The highest BCUT2D eigenvalue weighted by molar-refractivity contribution is 5.69. The molecule has 0 heterocycles. The average Bonchev–Trinajstić information content (AvgIpc) is 2.89. The maximum atomic E-state index is 12.4. The van der Waals surface area contributed by atoms with E-state index in [9.17, 15) is 4.79 Å². The van der Waals surface area contributed by atoms with Crippen LogP contribution in [0.1, 0.15) is 108 Å². The largest absolute Gasteiger partial charge is 0.455 e. The first kappa shape index (κ1) is 31.9. The third kappa shape index (κ3) is 14.6. The summed E-state index contributed by atoms with van der Waals surface area (Å²) in [5.41, 5.74) is 2.55. The second kappa shape index (κ2) is 18.8. The zero-order valence-electron chi connectivity index (χ0n) is 24.8. The molecule has 0 aliphatic heterocycles. The Kier molecular flexibility index (Phi) is 15.8. The molecule has 0 aromatic heterocycles. The molecule has 212 valence electrons. The summed E-state index contributed by atoms with van der Waals surface area (Å²) in [7, 11) is 4.49. The van der Waals surface area contributed by atoms with Crippen LogP contribution in [-0.2, 0) is 22.5 Å². The lowest BCUT2D eigenvalue weighted by atomic mass is 10.0. The van der Waals surface area contributed by atoms with Crippen LogP contribution in [-0.4, -0.2) is 37.4 Å². The Morgan fingerprint density at radius 3 is 2.05 bits per heavy atom. The van der Waals surface area contributed by atoms with E-state index in [1.807, 2.05) is 19.1 Å². The van der Waals surface area contributed by atoms with Crippen molar-refractivity contribution in [3.63, 3.8) is 0 Å². The quantitative estimate of drug-likeness (QED) is 0.0708. The molecule has 2 aromatic rings. The lowest BCUT2D eigenvalue weighted by Gasteiger charge is -2.30. The summed E-state index contributed by atoms with van der Waals surface area (Å²) in [4.78, 5) is 12.4. The van der Waals surface area contributed by atoms with Crippen molar-refractivity contribution in [2.24, 2.45) is 0 Å². The van der Waals surface area contributed by atoms with E-state index in [-0.39, 0.29) is 5.97 Å². The second-order valence-electron chi connectivity index (χ2n) is 11.5. The van der Waals surface area contributed by atoms with Crippen LogP contribution in [0.3, 0.4) is 0 Å². The van der Waals surface area contributed by atoms with Crippen LogP contribution in [0.15, 0.2) is 54.6 Å². The highest BCUT2D eigenvalue weighted by Crippen LogP contribution is 2.23. The summed E-state index contributed by atoms with van der Waals surface area (Å²) in [5, 5.41) is 0. The van der Waals surface area contributed by atoms with Crippen LogP contribution in [0, 0.1) is 0 Å². The summed E-state index contributed by atoms with van der Waals surface area (Å²) >= 11 is 0. The molecule has 0 bridgehead atoms. The topological polar surface area (TPSA) is 35.5 Å². The van der Waals surface area contributed by atoms with E-state index in [0.29, 0.717) is 6.42 Å². The Morgan fingerprint density at radius 1 is 0.763 bits per heavy atom. The van der Waals surface area contributed by atoms with Crippen molar-refractivity contribution in [3.05, 3.63) is 65.7 Å². The minimum absolute atomic E-state index is 0.182. The number of quaternary nitrogens is 1. The van der Waals surface area contributed by atoms with Gasteiger partial charge in [0.1, 0.15) is 12.3 Å². The Bertz CT molecular complexity index is 880. The number of hydrogen-bond acceptors (Lipinski definition) is 3. The van der Waals surface area contributed by atoms with Crippen LogP contribution in [0.2, 0.25) is 0 Å². The fraction of sp³-hybridized carbons (Fsp3) is 0.618. The van der Waals surface area contributed by atoms with Gasteiger partial charge in [0.05, 0.1) is 20.6 Å². The van der Waals surface area contributed by atoms with Crippen LogP contribution < -0.4 is 4.74 Å². The number of esters is 1. The predicted molar refractivity (Wildman–Crippen MR) is 159 cm³/mol. The molecule has 38 heavy (non-hydrogen) atoms. The molecule has 0 amide bonds. The van der Waals surface area contributed by atoms with Gasteiger partial charge in [-0.2, -0.15) is 0 Å². The van der Waals surface area contributed by atoms with Gasteiger partial charge in [-0.3, -0.25) is 4.79 Å². The summed E-state index contributed by atoms with van der Waals surface area (Å²) in [5.74, 6) is 0.654. The monoisotopic (exact) mass is 524 g/mol. The number of carbonyl (C=O) groups excluding carboxylic acids is 1. The molecule has 0 aliphatic rings. The summed E-state index contributed by atoms with van der Waals surface area (Å²) in [6, 6.07) is 18.7. The van der Waals surface area contributed by atoms with Crippen LogP contribution >= 0.6 is 0 Å². The van der Waals surface area contributed by atoms with Gasteiger partial charge in [0.15, 0.2) is 0 Å². The average molecular weight is 525 g/mol. The first-order valence-electron chi connectivity index (χ1n) is 15.2. The van der Waals surface area contributed by atoms with Crippen molar-refractivity contribution in [3.8, 4) is 5.75 Å². The number of aryl methyl sites for hydroxylation is 1. The minimum Gasteiger partial charge on any atom is -0.455 e. The van der Waals surface area contributed by atoms with Crippen molar-refractivity contribution < 1.29 is 18.8 Å². The van der Waals surface area contributed by atoms with Gasteiger partial charge >= 0.3 is 5.97 Å². The summed E-state index contributed by atoms with van der Waals surface area (Å²) in [6.45, 7) is 6.11. The third-order valence-electron chi connectivity index (χ3n) is 7.21. The number of benzene rings is 2. The highest BCUT2D eigenvalue weighted by Gasteiger charge is 2.17. The lowest BCUT2D eigenvalue weighted by molar-refractivity contribution is -0.903. The molecule has 1 unspecified atom stereocenters. The Hall–Kier alpha value is -2.33. The molecule has 4 heteroatoms. The number of hydrogen-bond donors (Lipinski definition) is 0. The standard InChI is InChI=1S/C34H54NO3/c1-5-6-7-8-9-10-11-12-13-17-24-32-25-18-19-26-33(32)37-30(2)38-34(36)27-20-21-28-35(3,4)29-31-22-15-14-16-23-31/h14-16,18-19,22-23,25-26,30H,5-13,17,20-21,24,27-29H2,1-4H3/q+1. The zero-order chi connectivity index (χ0) is 27.5. The highest BCUT2D eigenvalue weighted by atomic mass is 16.7. The fourth-order valence-corrected chi connectivity index (χ4v) is 5.04. The van der Waals surface area contributed by atoms with E-state index in [4.69, 9.17) is 9.47 Å². The maximum Gasteiger partial charge on any atom is 0.308 e. The number of ether oxygens (including phenoxy) is 2. The molecule has 4 nitrogen and oxygen atoms in total. The van der Waals surface area contributed by atoms with Gasteiger partial charge in [-0.15, -0.1) is 0 Å². The van der Waals surface area contributed by atoms with Crippen molar-refractivity contribution in [2.75, 3.05) is 20.6 Å². The molecule has 0 aliphatic carbocycles.